The third kappa shape index (κ3) is 3.21. The van der Waals surface area contributed by atoms with Crippen LogP contribution in [0, 0.1) is 17.8 Å². The zero-order valence-electron chi connectivity index (χ0n) is 11.2. The average molecular weight is 238 g/mol. The summed E-state index contributed by atoms with van der Waals surface area (Å²) in [5.41, 5.74) is 0. The van der Waals surface area contributed by atoms with Gasteiger partial charge in [0.25, 0.3) is 0 Å². The fourth-order valence-electron chi connectivity index (χ4n) is 3.44. The quantitative estimate of drug-likeness (QED) is 0.786. The van der Waals surface area contributed by atoms with E-state index in [0.717, 1.165) is 25.4 Å². The summed E-state index contributed by atoms with van der Waals surface area (Å²) in [6.45, 7) is 6.65. The Balaban J connectivity index is 1.74. The molecule has 0 aromatic heterocycles. The van der Waals surface area contributed by atoms with E-state index in [1.165, 1.54) is 19.3 Å². The van der Waals surface area contributed by atoms with Crippen molar-refractivity contribution in [2.75, 3.05) is 13.1 Å². The van der Waals surface area contributed by atoms with Crippen LogP contribution in [0.4, 0.5) is 0 Å². The minimum Gasteiger partial charge on any atom is -0.353 e. The Kier molecular flexibility index (Phi) is 4.43. The Labute approximate surface area is 105 Å². The molecule has 4 atom stereocenters. The summed E-state index contributed by atoms with van der Waals surface area (Å²) in [5, 5.41) is 6.57. The first-order chi connectivity index (χ1) is 8.20. The molecule has 1 aliphatic carbocycles. The maximum atomic E-state index is 12.0. The SMILES string of the molecule is CCC1CCC(NC(=O)CC2CCNC2)C1C. The zero-order chi connectivity index (χ0) is 12.3. The molecular weight excluding hydrogens is 212 g/mol. The average Bonchev–Trinajstić information content (AvgIpc) is 2.90. The van der Waals surface area contributed by atoms with Crippen molar-refractivity contribution < 1.29 is 4.79 Å². The number of nitrogens with one attached hydrogen (secondary N) is 2. The lowest BCUT2D eigenvalue weighted by Crippen LogP contribution is -2.38. The van der Waals surface area contributed by atoms with Gasteiger partial charge in [-0.15, -0.1) is 0 Å². The molecule has 98 valence electrons. The highest BCUT2D eigenvalue weighted by Crippen LogP contribution is 2.33. The smallest absolute Gasteiger partial charge is 0.220 e. The number of hydrogen-bond acceptors (Lipinski definition) is 2. The van der Waals surface area contributed by atoms with E-state index in [-0.39, 0.29) is 5.91 Å². The summed E-state index contributed by atoms with van der Waals surface area (Å²) >= 11 is 0. The second-order valence-corrected chi connectivity index (χ2v) is 5.84. The van der Waals surface area contributed by atoms with Gasteiger partial charge in [0.05, 0.1) is 0 Å². The molecule has 2 aliphatic rings. The van der Waals surface area contributed by atoms with E-state index in [1.807, 2.05) is 0 Å². The van der Waals surface area contributed by atoms with Gasteiger partial charge in [0, 0.05) is 12.5 Å². The number of hydrogen-bond donors (Lipinski definition) is 2. The lowest BCUT2D eigenvalue weighted by atomic mass is 9.93. The van der Waals surface area contributed by atoms with Gasteiger partial charge in [-0.05, 0) is 50.1 Å². The summed E-state index contributed by atoms with van der Waals surface area (Å²) in [6.07, 6.45) is 5.58. The minimum absolute atomic E-state index is 0.271. The van der Waals surface area contributed by atoms with Crippen LogP contribution in [0.1, 0.15) is 46.0 Å². The van der Waals surface area contributed by atoms with Crippen LogP contribution in [0.15, 0.2) is 0 Å². The zero-order valence-corrected chi connectivity index (χ0v) is 11.2. The van der Waals surface area contributed by atoms with Gasteiger partial charge in [-0.3, -0.25) is 4.79 Å². The van der Waals surface area contributed by atoms with Crippen molar-refractivity contribution in [1.82, 2.24) is 10.6 Å². The van der Waals surface area contributed by atoms with Crippen molar-refractivity contribution in [3.8, 4) is 0 Å². The predicted molar refractivity (Wildman–Crippen MR) is 69.7 cm³/mol. The first kappa shape index (κ1) is 12.9. The van der Waals surface area contributed by atoms with Crippen LogP contribution < -0.4 is 10.6 Å². The molecule has 1 aliphatic heterocycles. The van der Waals surface area contributed by atoms with Crippen LogP contribution in [-0.2, 0) is 4.79 Å². The topological polar surface area (TPSA) is 41.1 Å². The van der Waals surface area contributed by atoms with E-state index in [4.69, 9.17) is 0 Å². The van der Waals surface area contributed by atoms with Gasteiger partial charge in [0.15, 0.2) is 0 Å². The molecule has 2 N–H and O–H groups in total. The Morgan fingerprint density at radius 2 is 2.18 bits per heavy atom. The first-order valence-electron chi connectivity index (χ1n) is 7.20. The second-order valence-electron chi connectivity index (χ2n) is 5.84. The van der Waals surface area contributed by atoms with Crippen LogP contribution in [0.2, 0.25) is 0 Å². The molecule has 1 heterocycles. The normalized spacial score (nSPS) is 37.3. The van der Waals surface area contributed by atoms with Crippen LogP contribution >= 0.6 is 0 Å². The maximum absolute atomic E-state index is 12.0. The molecule has 3 nitrogen and oxygen atoms in total. The summed E-state index contributed by atoms with van der Waals surface area (Å²) < 4.78 is 0. The Hall–Kier alpha value is -0.570. The van der Waals surface area contributed by atoms with E-state index in [9.17, 15) is 4.79 Å². The lowest BCUT2D eigenvalue weighted by molar-refractivity contribution is -0.122. The molecule has 3 heteroatoms. The number of amides is 1. The van der Waals surface area contributed by atoms with Gasteiger partial charge in [0.1, 0.15) is 0 Å². The highest BCUT2D eigenvalue weighted by atomic mass is 16.1. The van der Waals surface area contributed by atoms with E-state index in [1.54, 1.807) is 0 Å². The van der Waals surface area contributed by atoms with Crippen molar-refractivity contribution >= 4 is 5.91 Å². The van der Waals surface area contributed by atoms with E-state index >= 15 is 0 Å². The van der Waals surface area contributed by atoms with Gasteiger partial charge in [-0.25, -0.2) is 0 Å². The first-order valence-corrected chi connectivity index (χ1v) is 7.20. The fraction of sp³-hybridized carbons (Fsp3) is 0.929. The summed E-state index contributed by atoms with van der Waals surface area (Å²) in [5.74, 6) is 2.31. The Bertz CT molecular complexity index is 261. The van der Waals surface area contributed by atoms with Crippen molar-refractivity contribution in [1.29, 1.82) is 0 Å². The van der Waals surface area contributed by atoms with Gasteiger partial charge in [-0.2, -0.15) is 0 Å². The molecular formula is C14H26N2O. The largest absolute Gasteiger partial charge is 0.353 e. The Morgan fingerprint density at radius 3 is 2.76 bits per heavy atom. The van der Waals surface area contributed by atoms with Crippen LogP contribution in [-0.4, -0.2) is 25.0 Å². The maximum Gasteiger partial charge on any atom is 0.220 e. The Morgan fingerprint density at radius 1 is 1.35 bits per heavy atom. The molecule has 0 bridgehead atoms. The standard InChI is InChI=1S/C14H26N2O/c1-3-12-4-5-13(10(12)2)16-14(17)8-11-6-7-15-9-11/h10-13,15H,3-9H2,1-2H3,(H,16,17). The van der Waals surface area contributed by atoms with Crippen molar-refractivity contribution in [2.45, 2.75) is 52.0 Å². The van der Waals surface area contributed by atoms with Crippen LogP contribution in [0.5, 0.6) is 0 Å². The molecule has 0 aromatic carbocycles. The van der Waals surface area contributed by atoms with E-state index in [2.05, 4.69) is 24.5 Å². The van der Waals surface area contributed by atoms with Gasteiger partial charge in [-0.1, -0.05) is 20.3 Å². The van der Waals surface area contributed by atoms with E-state index < -0.39 is 0 Å². The monoisotopic (exact) mass is 238 g/mol. The number of carbonyl (C=O) groups is 1. The third-order valence-electron chi connectivity index (χ3n) is 4.73. The number of carbonyl (C=O) groups excluding carboxylic acids is 1. The summed E-state index contributed by atoms with van der Waals surface area (Å²) in [6, 6.07) is 0.432. The molecule has 0 spiro atoms. The molecule has 0 radical (unpaired) electrons. The highest BCUT2D eigenvalue weighted by Gasteiger charge is 2.32. The highest BCUT2D eigenvalue weighted by molar-refractivity contribution is 5.76. The fourth-order valence-corrected chi connectivity index (χ4v) is 3.44. The molecule has 2 rings (SSSR count). The van der Waals surface area contributed by atoms with E-state index in [0.29, 0.717) is 24.3 Å². The molecule has 1 amide bonds. The molecule has 17 heavy (non-hydrogen) atoms. The second kappa shape index (κ2) is 5.85. The number of rotatable bonds is 4. The molecule has 1 saturated carbocycles. The summed E-state index contributed by atoms with van der Waals surface area (Å²) in [4.78, 5) is 12.0. The van der Waals surface area contributed by atoms with Crippen molar-refractivity contribution in [3.63, 3.8) is 0 Å². The van der Waals surface area contributed by atoms with Gasteiger partial charge in [0.2, 0.25) is 5.91 Å². The van der Waals surface area contributed by atoms with Crippen LogP contribution in [0.3, 0.4) is 0 Å². The van der Waals surface area contributed by atoms with Crippen LogP contribution in [0.25, 0.3) is 0 Å². The molecule has 2 fully saturated rings. The summed E-state index contributed by atoms with van der Waals surface area (Å²) in [7, 11) is 0. The third-order valence-corrected chi connectivity index (χ3v) is 4.73. The molecule has 1 saturated heterocycles. The van der Waals surface area contributed by atoms with Gasteiger partial charge >= 0.3 is 0 Å². The molecule has 0 aromatic rings. The lowest BCUT2D eigenvalue weighted by Gasteiger charge is -2.21. The van der Waals surface area contributed by atoms with Gasteiger partial charge < -0.3 is 10.6 Å². The predicted octanol–water partition coefficient (Wildman–Crippen LogP) is 1.93. The van der Waals surface area contributed by atoms with Crippen molar-refractivity contribution in [3.05, 3.63) is 0 Å². The minimum atomic E-state index is 0.271. The van der Waals surface area contributed by atoms with Crippen molar-refractivity contribution in [2.24, 2.45) is 17.8 Å². The molecule has 4 unspecified atom stereocenters.